The summed E-state index contributed by atoms with van der Waals surface area (Å²) in [6.07, 6.45) is 4.71. The fourth-order valence-electron chi connectivity index (χ4n) is 3.10. The lowest BCUT2D eigenvalue weighted by Gasteiger charge is -2.23. The van der Waals surface area contributed by atoms with Gasteiger partial charge in [-0.3, -0.25) is 4.79 Å². The number of hydrogen-bond donors (Lipinski definition) is 0. The monoisotopic (exact) mass is 314 g/mol. The number of hydrogen-bond acceptors (Lipinski definition) is 3. The number of aromatic nitrogens is 1. The van der Waals surface area contributed by atoms with Crippen LogP contribution in [0.15, 0.2) is 35.7 Å². The van der Waals surface area contributed by atoms with E-state index < -0.39 is 0 Å². The van der Waals surface area contributed by atoms with Crippen LogP contribution >= 0.6 is 11.3 Å². The number of aryl methyl sites for hydroxylation is 1. The Morgan fingerprint density at radius 2 is 2.18 bits per heavy atom. The van der Waals surface area contributed by atoms with Crippen LogP contribution in [-0.4, -0.2) is 28.4 Å². The molecule has 2 aromatic rings. The second-order valence-corrected chi connectivity index (χ2v) is 6.66. The number of thiazole rings is 1. The number of amides is 1. The SMILES string of the molecule is CCC1CCCN1C(=O)CCc1csc(-c2ccccc2)n1. The van der Waals surface area contributed by atoms with Gasteiger partial charge >= 0.3 is 0 Å². The van der Waals surface area contributed by atoms with Gasteiger partial charge in [0.05, 0.1) is 5.69 Å². The van der Waals surface area contributed by atoms with Gasteiger partial charge in [-0.1, -0.05) is 37.3 Å². The molecular weight excluding hydrogens is 292 g/mol. The second-order valence-electron chi connectivity index (χ2n) is 5.80. The summed E-state index contributed by atoms with van der Waals surface area (Å²) in [4.78, 5) is 19.1. The maximum Gasteiger partial charge on any atom is 0.223 e. The highest BCUT2D eigenvalue weighted by atomic mass is 32.1. The number of benzene rings is 1. The summed E-state index contributed by atoms with van der Waals surface area (Å²) in [5, 5.41) is 3.12. The maximum absolute atomic E-state index is 12.4. The molecule has 22 heavy (non-hydrogen) atoms. The Hall–Kier alpha value is -1.68. The standard InChI is InChI=1S/C18H22N2OS/c1-2-16-9-6-12-20(16)17(21)11-10-15-13-22-18(19-15)14-7-4-3-5-8-14/h3-5,7-8,13,16H,2,6,9-12H2,1H3. The van der Waals surface area contributed by atoms with Gasteiger partial charge in [-0.25, -0.2) is 4.98 Å². The van der Waals surface area contributed by atoms with Crippen LogP contribution in [0.2, 0.25) is 0 Å². The Morgan fingerprint density at radius 3 is 2.95 bits per heavy atom. The molecule has 0 spiro atoms. The molecule has 0 bridgehead atoms. The third-order valence-electron chi connectivity index (χ3n) is 4.34. The topological polar surface area (TPSA) is 33.2 Å². The average molecular weight is 314 g/mol. The van der Waals surface area contributed by atoms with Crippen molar-refractivity contribution in [1.82, 2.24) is 9.88 Å². The molecule has 2 heterocycles. The second kappa shape index (κ2) is 7.05. The number of carbonyl (C=O) groups excluding carboxylic acids is 1. The Kier molecular flexibility index (Phi) is 4.88. The Morgan fingerprint density at radius 1 is 1.36 bits per heavy atom. The Labute approximate surface area is 136 Å². The summed E-state index contributed by atoms with van der Waals surface area (Å²) in [5.74, 6) is 0.290. The average Bonchev–Trinajstić information content (AvgIpc) is 3.22. The van der Waals surface area contributed by atoms with Crippen LogP contribution in [0.4, 0.5) is 0 Å². The van der Waals surface area contributed by atoms with Crippen LogP contribution in [0.3, 0.4) is 0 Å². The molecule has 1 aliphatic rings. The zero-order valence-electron chi connectivity index (χ0n) is 13.0. The van der Waals surface area contributed by atoms with Crippen molar-refractivity contribution in [3.63, 3.8) is 0 Å². The molecular formula is C18H22N2OS. The lowest BCUT2D eigenvalue weighted by molar-refractivity contribution is -0.132. The van der Waals surface area contributed by atoms with Crippen molar-refractivity contribution in [2.45, 2.75) is 45.1 Å². The highest BCUT2D eigenvalue weighted by Gasteiger charge is 2.26. The van der Waals surface area contributed by atoms with Crippen molar-refractivity contribution >= 4 is 17.2 Å². The highest BCUT2D eigenvalue weighted by Crippen LogP contribution is 2.25. The summed E-state index contributed by atoms with van der Waals surface area (Å²) in [6, 6.07) is 10.7. The summed E-state index contributed by atoms with van der Waals surface area (Å²) in [7, 11) is 0. The normalized spacial score (nSPS) is 17.9. The van der Waals surface area contributed by atoms with E-state index in [9.17, 15) is 4.79 Å². The molecule has 3 nitrogen and oxygen atoms in total. The predicted molar refractivity (Wildman–Crippen MR) is 90.9 cm³/mol. The molecule has 1 atom stereocenters. The van der Waals surface area contributed by atoms with E-state index in [0.29, 0.717) is 18.4 Å². The lowest BCUT2D eigenvalue weighted by atomic mass is 10.1. The Bertz CT molecular complexity index is 623. The van der Waals surface area contributed by atoms with Crippen LogP contribution in [0.1, 0.15) is 38.3 Å². The molecule has 0 saturated carbocycles. The van der Waals surface area contributed by atoms with E-state index >= 15 is 0 Å². The van der Waals surface area contributed by atoms with Crippen molar-refractivity contribution in [1.29, 1.82) is 0 Å². The van der Waals surface area contributed by atoms with Crippen molar-refractivity contribution in [2.75, 3.05) is 6.54 Å². The van der Waals surface area contributed by atoms with Crippen molar-refractivity contribution < 1.29 is 4.79 Å². The minimum atomic E-state index is 0.290. The van der Waals surface area contributed by atoms with Gasteiger partial charge in [0, 0.05) is 30.0 Å². The molecule has 4 heteroatoms. The summed E-state index contributed by atoms with van der Waals surface area (Å²) in [6.45, 7) is 3.10. The van der Waals surface area contributed by atoms with E-state index in [1.54, 1.807) is 11.3 Å². The molecule has 1 amide bonds. The quantitative estimate of drug-likeness (QED) is 0.831. The van der Waals surface area contributed by atoms with Gasteiger partial charge in [-0.05, 0) is 25.7 Å². The van der Waals surface area contributed by atoms with Gasteiger partial charge in [-0.2, -0.15) is 0 Å². The first-order valence-corrected chi connectivity index (χ1v) is 8.95. The van der Waals surface area contributed by atoms with Crippen molar-refractivity contribution in [3.8, 4) is 10.6 Å². The van der Waals surface area contributed by atoms with Crippen molar-refractivity contribution in [2.24, 2.45) is 0 Å². The third-order valence-corrected chi connectivity index (χ3v) is 5.28. The van der Waals surface area contributed by atoms with E-state index in [1.807, 2.05) is 18.2 Å². The van der Waals surface area contributed by atoms with Gasteiger partial charge in [-0.15, -0.1) is 11.3 Å². The minimum absolute atomic E-state index is 0.290. The van der Waals surface area contributed by atoms with Crippen LogP contribution in [0.5, 0.6) is 0 Å². The molecule has 1 aliphatic heterocycles. The van der Waals surface area contributed by atoms with Crippen LogP contribution in [-0.2, 0) is 11.2 Å². The molecule has 1 aromatic heterocycles. The zero-order chi connectivity index (χ0) is 15.4. The largest absolute Gasteiger partial charge is 0.340 e. The summed E-state index contributed by atoms with van der Waals surface area (Å²) >= 11 is 1.66. The maximum atomic E-state index is 12.4. The van der Waals surface area contributed by atoms with E-state index in [1.165, 1.54) is 0 Å². The van der Waals surface area contributed by atoms with E-state index in [2.05, 4.69) is 34.3 Å². The lowest BCUT2D eigenvalue weighted by Crippen LogP contribution is -2.35. The van der Waals surface area contributed by atoms with Gasteiger partial charge < -0.3 is 4.90 Å². The summed E-state index contributed by atoms with van der Waals surface area (Å²) < 4.78 is 0. The number of rotatable bonds is 5. The Balaban J connectivity index is 1.58. The van der Waals surface area contributed by atoms with Crippen molar-refractivity contribution in [3.05, 3.63) is 41.4 Å². The fourth-order valence-corrected chi connectivity index (χ4v) is 3.96. The van der Waals surface area contributed by atoms with Gasteiger partial charge in [0.2, 0.25) is 5.91 Å². The molecule has 1 fully saturated rings. The number of likely N-dealkylation sites (tertiary alicyclic amines) is 1. The zero-order valence-corrected chi connectivity index (χ0v) is 13.8. The molecule has 0 N–H and O–H groups in total. The molecule has 0 radical (unpaired) electrons. The van der Waals surface area contributed by atoms with Gasteiger partial charge in [0.25, 0.3) is 0 Å². The van der Waals surface area contributed by atoms with E-state index in [4.69, 9.17) is 0 Å². The van der Waals surface area contributed by atoms with Crippen LogP contribution < -0.4 is 0 Å². The van der Waals surface area contributed by atoms with Gasteiger partial charge in [0.1, 0.15) is 5.01 Å². The smallest absolute Gasteiger partial charge is 0.223 e. The first-order valence-electron chi connectivity index (χ1n) is 8.07. The van der Waals surface area contributed by atoms with Crippen LogP contribution in [0, 0.1) is 0 Å². The number of carbonyl (C=O) groups is 1. The molecule has 1 aromatic carbocycles. The van der Waals surface area contributed by atoms with Crippen LogP contribution in [0.25, 0.3) is 10.6 Å². The number of nitrogens with zero attached hydrogens (tertiary/aromatic N) is 2. The summed E-state index contributed by atoms with van der Waals surface area (Å²) in [5.41, 5.74) is 2.18. The predicted octanol–water partition coefficient (Wildman–Crippen LogP) is 4.14. The first-order chi connectivity index (χ1) is 10.8. The fraction of sp³-hybridized carbons (Fsp3) is 0.444. The van der Waals surface area contributed by atoms with Gasteiger partial charge in [0.15, 0.2) is 0 Å². The first kappa shape index (κ1) is 15.2. The molecule has 116 valence electrons. The minimum Gasteiger partial charge on any atom is -0.340 e. The van der Waals surface area contributed by atoms with E-state index in [0.717, 1.165) is 48.5 Å². The molecule has 1 saturated heterocycles. The third kappa shape index (κ3) is 3.38. The molecule has 3 rings (SSSR count). The molecule has 0 aliphatic carbocycles. The van der Waals surface area contributed by atoms with E-state index in [-0.39, 0.29) is 0 Å². The molecule has 1 unspecified atom stereocenters. The highest BCUT2D eigenvalue weighted by molar-refractivity contribution is 7.13.